The zero-order valence-electron chi connectivity index (χ0n) is 19.8. The van der Waals surface area contributed by atoms with Gasteiger partial charge in [-0.1, -0.05) is 24.3 Å². The van der Waals surface area contributed by atoms with Gasteiger partial charge >= 0.3 is 6.18 Å². The number of rotatable bonds is 6. The normalized spacial score (nSPS) is 17.8. The molecular weight excluding hydrogens is 532 g/mol. The largest absolute Gasteiger partial charge is 0.489 e. The van der Waals surface area contributed by atoms with Crippen LogP contribution in [-0.2, 0) is 0 Å². The van der Waals surface area contributed by atoms with Gasteiger partial charge in [-0.3, -0.25) is 9.30 Å². The third-order valence-corrected chi connectivity index (χ3v) is 6.06. The number of hydrogen-bond acceptors (Lipinski definition) is 7. The van der Waals surface area contributed by atoms with Gasteiger partial charge in [0.1, 0.15) is 29.6 Å². The molecule has 0 radical (unpaired) electrons. The minimum atomic E-state index is -4.47. The van der Waals surface area contributed by atoms with Crippen molar-refractivity contribution in [3.8, 4) is 17.3 Å². The lowest BCUT2D eigenvalue weighted by Crippen LogP contribution is -2.38. The molecule has 0 saturated carbocycles. The van der Waals surface area contributed by atoms with E-state index in [4.69, 9.17) is 10.5 Å². The predicted octanol–water partition coefficient (Wildman–Crippen LogP) is 4.18. The molecule has 0 bridgehead atoms. The summed E-state index contributed by atoms with van der Waals surface area (Å²) in [5, 5.41) is 18.7. The summed E-state index contributed by atoms with van der Waals surface area (Å²) in [6.45, 7) is 2.17. The summed E-state index contributed by atoms with van der Waals surface area (Å²) in [7, 11) is 0. The zero-order chi connectivity index (χ0) is 24.7. The van der Waals surface area contributed by atoms with E-state index in [1.807, 2.05) is 18.2 Å². The Labute approximate surface area is 223 Å². The van der Waals surface area contributed by atoms with Gasteiger partial charge in [0.25, 0.3) is 0 Å². The molecule has 0 aliphatic carbocycles. The first kappa shape index (κ1) is 28.9. The highest BCUT2D eigenvalue weighted by Gasteiger charge is 2.46. The average molecular weight is 559 g/mol. The van der Waals surface area contributed by atoms with E-state index in [1.54, 1.807) is 19.1 Å². The molecule has 3 N–H and O–H groups in total. The van der Waals surface area contributed by atoms with Gasteiger partial charge in [-0.2, -0.15) is 13.2 Å². The summed E-state index contributed by atoms with van der Waals surface area (Å²) >= 11 is 0. The van der Waals surface area contributed by atoms with E-state index >= 15 is 0 Å². The van der Waals surface area contributed by atoms with Crippen molar-refractivity contribution in [3.63, 3.8) is 0 Å². The van der Waals surface area contributed by atoms with Crippen LogP contribution in [0.2, 0.25) is 0 Å². The van der Waals surface area contributed by atoms with Gasteiger partial charge in [0.15, 0.2) is 11.5 Å². The predicted molar refractivity (Wildman–Crippen MR) is 138 cm³/mol. The van der Waals surface area contributed by atoms with Crippen molar-refractivity contribution >= 4 is 41.4 Å². The van der Waals surface area contributed by atoms with Crippen LogP contribution >= 0.6 is 24.8 Å². The molecule has 1 aromatic carbocycles. The molecule has 0 amide bonds. The monoisotopic (exact) mass is 558 g/mol. The van der Waals surface area contributed by atoms with E-state index in [2.05, 4.69) is 15.2 Å². The minimum Gasteiger partial charge on any atom is -0.489 e. The SMILES string of the molecule is CC(O)COc1cccc2ccc(-c3nnc4ccc([C@@H](N5CCC(N)C5)C(F)(F)F)cn34)nc12.Cl.Cl. The fourth-order valence-corrected chi connectivity index (χ4v) is 4.47. The topological polar surface area (TPSA) is 102 Å². The molecule has 1 aliphatic rings. The van der Waals surface area contributed by atoms with Crippen LogP contribution in [0.25, 0.3) is 28.1 Å². The summed E-state index contributed by atoms with van der Waals surface area (Å²) in [6, 6.07) is 9.92. The molecule has 4 aromatic rings. The van der Waals surface area contributed by atoms with Crippen LogP contribution in [0, 0.1) is 0 Å². The Morgan fingerprint density at radius 3 is 2.59 bits per heavy atom. The molecule has 37 heavy (non-hydrogen) atoms. The Morgan fingerprint density at radius 1 is 1.14 bits per heavy atom. The zero-order valence-corrected chi connectivity index (χ0v) is 21.4. The molecule has 13 heteroatoms. The third-order valence-electron chi connectivity index (χ3n) is 6.06. The second-order valence-corrected chi connectivity index (χ2v) is 8.89. The molecule has 200 valence electrons. The fraction of sp³-hybridized carbons (Fsp3) is 0.375. The number of fused-ring (bicyclic) bond motifs is 2. The second-order valence-electron chi connectivity index (χ2n) is 8.89. The second kappa shape index (κ2) is 11.4. The van der Waals surface area contributed by atoms with Crippen molar-refractivity contribution in [2.24, 2.45) is 5.73 Å². The molecule has 0 spiro atoms. The number of alkyl halides is 3. The maximum Gasteiger partial charge on any atom is 0.408 e. The average Bonchev–Trinajstić information content (AvgIpc) is 3.42. The first-order valence-electron chi connectivity index (χ1n) is 11.3. The summed E-state index contributed by atoms with van der Waals surface area (Å²) < 4.78 is 49.6. The Hall–Kier alpha value is -2.70. The van der Waals surface area contributed by atoms with Gasteiger partial charge in [-0.15, -0.1) is 35.0 Å². The molecule has 2 unspecified atom stereocenters. The molecule has 3 atom stereocenters. The number of ether oxygens (including phenoxy) is 1. The van der Waals surface area contributed by atoms with Crippen LogP contribution in [0.1, 0.15) is 24.9 Å². The number of likely N-dealkylation sites (tertiary alicyclic amines) is 1. The van der Waals surface area contributed by atoms with E-state index in [0.717, 1.165) is 5.39 Å². The van der Waals surface area contributed by atoms with Crippen LogP contribution in [0.5, 0.6) is 5.75 Å². The fourth-order valence-electron chi connectivity index (χ4n) is 4.47. The van der Waals surface area contributed by atoms with Gasteiger partial charge in [0, 0.05) is 30.7 Å². The van der Waals surface area contributed by atoms with Crippen molar-refractivity contribution < 1.29 is 23.0 Å². The quantitative estimate of drug-likeness (QED) is 0.366. The molecule has 5 rings (SSSR count). The van der Waals surface area contributed by atoms with E-state index in [0.29, 0.717) is 34.9 Å². The first-order chi connectivity index (χ1) is 16.7. The van der Waals surface area contributed by atoms with E-state index in [9.17, 15) is 18.3 Å². The minimum absolute atomic E-state index is 0. The Kier molecular flexibility index (Phi) is 8.86. The molecule has 8 nitrogen and oxygen atoms in total. The maximum atomic E-state index is 14.1. The Bertz CT molecular complexity index is 1370. The number of halogens is 5. The first-order valence-corrected chi connectivity index (χ1v) is 11.3. The van der Waals surface area contributed by atoms with Gasteiger partial charge in [-0.25, -0.2) is 4.98 Å². The van der Waals surface area contributed by atoms with Crippen LogP contribution in [0.15, 0.2) is 48.7 Å². The number of aliphatic hydroxyl groups is 1. The lowest BCUT2D eigenvalue weighted by Gasteiger charge is -2.30. The highest BCUT2D eigenvalue weighted by molar-refractivity contribution is 5.86. The number of para-hydroxylation sites is 1. The summed E-state index contributed by atoms with van der Waals surface area (Å²) in [6.07, 6.45) is -3.18. The standard InChI is InChI=1S/C24H25F3N6O2.2ClH/c1-14(34)13-35-19-4-2-3-15-5-7-18(29-21(15)19)23-31-30-20-8-6-16(11-33(20)23)22(24(25,26)27)32-10-9-17(28)12-32;;/h2-8,11,14,17,22,34H,9-10,12-13,28H2,1H3;2*1H/t14?,17?,22-;;/m1../s1. The van der Waals surface area contributed by atoms with Crippen molar-refractivity contribution in [1.29, 1.82) is 0 Å². The summed E-state index contributed by atoms with van der Waals surface area (Å²) in [5.74, 6) is 0.801. The Morgan fingerprint density at radius 2 is 1.92 bits per heavy atom. The van der Waals surface area contributed by atoms with E-state index in [1.165, 1.54) is 27.6 Å². The number of aromatic nitrogens is 4. The van der Waals surface area contributed by atoms with Gasteiger partial charge in [0.05, 0.1) is 6.10 Å². The lowest BCUT2D eigenvalue weighted by atomic mass is 10.1. The highest BCUT2D eigenvalue weighted by atomic mass is 35.5. The summed E-state index contributed by atoms with van der Waals surface area (Å²) in [4.78, 5) is 6.05. The molecule has 1 fully saturated rings. The Balaban J connectivity index is 0.00000190. The number of hydrogen-bond donors (Lipinski definition) is 2. The number of aliphatic hydroxyl groups excluding tert-OH is 1. The third kappa shape index (κ3) is 5.91. The van der Waals surface area contributed by atoms with Crippen LogP contribution in [0.3, 0.4) is 0 Å². The van der Waals surface area contributed by atoms with Crippen LogP contribution in [-0.4, -0.2) is 67.6 Å². The highest BCUT2D eigenvalue weighted by Crippen LogP contribution is 2.39. The lowest BCUT2D eigenvalue weighted by molar-refractivity contribution is -0.183. The van der Waals surface area contributed by atoms with Crippen LogP contribution < -0.4 is 10.5 Å². The molecule has 4 heterocycles. The van der Waals surface area contributed by atoms with Crippen molar-refractivity contribution in [2.75, 3.05) is 19.7 Å². The van der Waals surface area contributed by atoms with Gasteiger partial charge in [-0.05, 0) is 37.1 Å². The molecule has 3 aromatic heterocycles. The van der Waals surface area contributed by atoms with Gasteiger partial charge in [0.2, 0.25) is 0 Å². The molecule has 1 saturated heterocycles. The van der Waals surface area contributed by atoms with Crippen molar-refractivity contribution in [3.05, 3.63) is 54.2 Å². The van der Waals surface area contributed by atoms with E-state index < -0.39 is 18.3 Å². The van der Waals surface area contributed by atoms with Gasteiger partial charge < -0.3 is 15.6 Å². The van der Waals surface area contributed by atoms with E-state index in [-0.39, 0.29) is 56.1 Å². The molecular formula is C24H27Cl2F3N6O2. The van der Waals surface area contributed by atoms with Crippen molar-refractivity contribution in [2.45, 2.75) is 37.7 Å². The number of nitrogens with zero attached hydrogens (tertiary/aromatic N) is 5. The van der Waals surface area contributed by atoms with Crippen LogP contribution in [0.4, 0.5) is 13.2 Å². The van der Waals surface area contributed by atoms with Crippen molar-refractivity contribution in [1.82, 2.24) is 24.5 Å². The number of nitrogens with two attached hydrogens (primary N) is 1. The maximum absolute atomic E-state index is 14.1. The smallest absolute Gasteiger partial charge is 0.408 e. The number of benzene rings is 1. The number of pyridine rings is 2. The molecule has 1 aliphatic heterocycles. The summed E-state index contributed by atoms with van der Waals surface area (Å²) in [5.41, 5.74) is 7.36.